The van der Waals surface area contributed by atoms with Crippen LogP contribution in [0.2, 0.25) is 5.02 Å². The van der Waals surface area contributed by atoms with E-state index in [0.717, 1.165) is 68.0 Å². The second-order valence-corrected chi connectivity index (χ2v) is 8.01. The van der Waals surface area contributed by atoms with Crippen LogP contribution in [0.15, 0.2) is 36.4 Å². The summed E-state index contributed by atoms with van der Waals surface area (Å²) < 4.78 is 11.7. The first-order chi connectivity index (χ1) is 14.2. The van der Waals surface area contributed by atoms with Gasteiger partial charge in [0, 0.05) is 24.6 Å². The van der Waals surface area contributed by atoms with Crippen LogP contribution in [0.4, 0.5) is 0 Å². The van der Waals surface area contributed by atoms with E-state index < -0.39 is 0 Å². The Kier molecular flexibility index (Phi) is 6.70. The molecule has 1 atom stereocenters. The molecule has 2 heterocycles. The first-order valence-corrected chi connectivity index (χ1v) is 10.7. The molecule has 3 aromatic rings. The van der Waals surface area contributed by atoms with E-state index in [0.29, 0.717) is 17.7 Å². The zero-order valence-electron chi connectivity index (χ0n) is 16.8. The van der Waals surface area contributed by atoms with Crippen LogP contribution in [0.25, 0.3) is 11.0 Å². The lowest BCUT2D eigenvalue weighted by Gasteiger charge is -2.11. The smallest absolute Gasteiger partial charge is 0.119 e. The molecule has 4 rings (SSSR count). The van der Waals surface area contributed by atoms with Crippen molar-refractivity contribution in [2.24, 2.45) is 0 Å². The van der Waals surface area contributed by atoms with Crippen LogP contribution in [0.1, 0.15) is 29.8 Å². The lowest BCUT2D eigenvalue weighted by Crippen LogP contribution is -2.17. The van der Waals surface area contributed by atoms with E-state index in [4.69, 9.17) is 26.1 Å². The molecular formula is C23H28ClN3O2. The Hall–Kier alpha value is -2.08. The molecule has 0 spiro atoms. The number of nitrogens with one attached hydrogen (secondary N) is 2. The molecule has 0 radical (unpaired) electrons. The molecule has 5 nitrogen and oxygen atoms in total. The normalized spacial score (nSPS) is 16.6. The first kappa shape index (κ1) is 20.2. The Balaban J connectivity index is 1.31. The number of hydrogen-bond donors (Lipinski definition) is 2. The number of fused-ring (bicyclic) bond motifs is 1. The van der Waals surface area contributed by atoms with Crippen molar-refractivity contribution >= 4 is 22.6 Å². The standard InChI is InChI=1S/C23H28ClN3O2/c1-16-17(3-2-13-28-20-10-12-25-15-20)4-9-21-23(16)27-22(26-21)11-14-29-19-7-5-18(24)6-8-19/h4-9,20,25H,2-3,10-15H2,1H3,(H,26,27). The van der Waals surface area contributed by atoms with Crippen molar-refractivity contribution in [2.45, 2.75) is 38.7 Å². The minimum atomic E-state index is 0.391. The van der Waals surface area contributed by atoms with Crippen molar-refractivity contribution in [3.63, 3.8) is 0 Å². The topological polar surface area (TPSA) is 59.2 Å². The number of aryl methyl sites for hydroxylation is 2. The maximum atomic E-state index is 5.94. The number of H-pyrrole nitrogens is 1. The Morgan fingerprint density at radius 1 is 1.10 bits per heavy atom. The number of aromatic nitrogens is 2. The van der Waals surface area contributed by atoms with E-state index >= 15 is 0 Å². The number of halogens is 1. The summed E-state index contributed by atoms with van der Waals surface area (Å²) >= 11 is 5.90. The first-order valence-electron chi connectivity index (χ1n) is 10.4. The van der Waals surface area contributed by atoms with Crippen molar-refractivity contribution < 1.29 is 9.47 Å². The van der Waals surface area contributed by atoms with Gasteiger partial charge in [-0.25, -0.2) is 4.98 Å². The number of hydrogen-bond acceptors (Lipinski definition) is 4. The second-order valence-electron chi connectivity index (χ2n) is 7.57. The SMILES string of the molecule is Cc1c(CCCOC2CCNC2)ccc2[nH]c(CCOc3ccc(Cl)cc3)nc12. The Bertz CT molecular complexity index is 933. The predicted octanol–water partition coefficient (Wildman–Crippen LogP) is 4.46. The molecule has 1 fully saturated rings. The molecule has 0 bridgehead atoms. The molecule has 2 aromatic carbocycles. The molecule has 2 N–H and O–H groups in total. The average molecular weight is 414 g/mol. The molecule has 6 heteroatoms. The highest BCUT2D eigenvalue weighted by atomic mass is 35.5. The van der Waals surface area contributed by atoms with Gasteiger partial charge in [-0.2, -0.15) is 0 Å². The highest BCUT2D eigenvalue weighted by Crippen LogP contribution is 2.22. The van der Waals surface area contributed by atoms with E-state index in [1.807, 2.05) is 24.3 Å². The number of benzene rings is 2. The van der Waals surface area contributed by atoms with Crippen LogP contribution >= 0.6 is 11.6 Å². The number of nitrogens with zero attached hydrogens (tertiary/aromatic N) is 1. The van der Waals surface area contributed by atoms with Gasteiger partial charge >= 0.3 is 0 Å². The summed E-state index contributed by atoms with van der Waals surface area (Å²) in [5, 5.41) is 4.05. The summed E-state index contributed by atoms with van der Waals surface area (Å²) in [5.41, 5.74) is 4.75. The van der Waals surface area contributed by atoms with Gasteiger partial charge in [-0.15, -0.1) is 0 Å². The van der Waals surface area contributed by atoms with Crippen molar-refractivity contribution in [1.29, 1.82) is 0 Å². The highest BCUT2D eigenvalue weighted by molar-refractivity contribution is 6.30. The van der Waals surface area contributed by atoms with Gasteiger partial charge in [0.2, 0.25) is 0 Å². The molecule has 0 amide bonds. The number of ether oxygens (including phenoxy) is 2. The Morgan fingerprint density at radius 2 is 1.97 bits per heavy atom. The largest absolute Gasteiger partial charge is 0.493 e. The molecule has 29 heavy (non-hydrogen) atoms. The van der Waals surface area contributed by atoms with Gasteiger partial charge in [-0.3, -0.25) is 0 Å². The van der Waals surface area contributed by atoms with Gasteiger partial charge in [0.1, 0.15) is 11.6 Å². The van der Waals surface area contributed by atoms with E-state index in [1.165, 1.54) is 11.1 Å². The van der Waals surface area contributed by atoms with E-state index in [2.05, 4.69) is 29.4 Å². The molecule has 154 valence electrons. The second kappa shape index (κ2) is 9.61. The quantitative estimate of drug-likeness (QED) is 0.508. The monoisotopic (exact) mass is 413 g/mol. The van der Waals surface area contributed by atoms with Gasteiger partial charge in [0.15, 0.2) is 0 Å². The van der Waals surface area contributed by atoms with Crippen molar-refractivity contribution in [2.75, 3.05) is 26.3 Å². The summed E-state index contributed by atoms with van der Waals surface area (Å²) in [6.07, 6.45) is 4.30. The maximum absolute atomic E-state index is 5.94. The summed E-state index contributed by atoms with van der Waals surface area (Å²) in [6.45, 7) is 5.61. The van der Waals surface area contributed by atoms with Gasteiger partial charge in [-0.1, -0.05) is 17.7 Å². The summed E-state index contributed by atoms with van der Waals surface area (Å²) in [6, 6.07) is 11.8. The Morgan fingerprint density at radius 3 is 2.76 bits per heavy atom. The fraction of sp³-hybridized carbons (Fsp3) is 0.435. The molecule has 0 aliphatic carbocycles. The third-order valence-electron chi connectivity index (χ3n) is 5.45. The zero-order valence-corrected chi connectivity index (χ0v) is 17.6. The third kappa shape index (κ3) is 5.30. The highest BCUT2D eigenvalue weighted by Gasteiger charge is 2.14. The van der Waals surface area contributed by atoms with Crippen molar-refractivity contribution in [1.82, 2.24) is 15.3 Å². The molecular weight excluding hydrogens is 386 g/mol. The maximum Gasteiger partial charge on any atom is 0.119 e. The number of aromatic amines is 1. The average Bonchev–Trinajstić information content (AvgIpc) is 3.38. The van der Waals surface area contributed by atoms with Gasteiger partial charge in [0.05, 0.1) is 23.7 Å². The summed E-state index contributed by atoms with van der Waals surface area (Å²) in [5.74, 6) is 1.77. The van der Waals surface area contributed by atoms with Crippen LogP contribution in [0, 0.1) is 6.92 Å². The van der Waals surface area contributed by atoms with E-state index in [1.54, 1.807) is 0 Å². The van der Waals surface area contributed by atoms with Crippen molar-refractivity contribution in [3.8, 4) is 5.75 Å². The van der Waals surface area contributed by atoms with Crippen LogP contribution in [0.5, 0.6) is 5.75 Å². The van der Waals surface area contributed by atoms with Crippen LogP contribution in [-0.4, -0.2) is 42.4 Å². The fourth-order valence-electron chi connectivity index (χ4n) is 3.77. The lowest BCUT2D eigenvalue weighted by molar-refractivity contribution is 0.0655. The van der Waals surface area contributed by atoms with Crippen LogP contribution in [0.3, 0.4) is 0 Å². The zero-order chi connectivity index (χ0) is 20.1. The molecule has 1 aromatic heterocycles. The molecule has 1 saturated heterocycles. The summed E-state index contributed by atoms with van der Waals surface area (Å²) in [4.78, 5) is 8.23. The molecule has 1 unspecified atom stereocenters. The number of rotatable bonds is 9. The van der Waals surface area contributed by atoms with Crippen LogP contribution < -0.4 is 10.1 Å². The van der Waals surface area contributed by atoms with E-state index in [-0.39, 0.29) is 0 Å². The number of imidazole rings is 1. The predicted molar refractivity (Wildman–Crippen MR) is 117 cm³/mol. The van der Waals surface area contributed by atoms with Gasteiger partial charge < -0.3 is 19.8 Å². The minimum absolute atomic E-state index is 0.391. The minimum Gasteiger partial charge on any atom is -0.493 e. The van der Waals surface area contributed by atoms with Gasteiger partial charge in [-0.05, 0) is 74.2 Å². The van der Waals surface area contributed by atoms with Crippen LogP contribution in [-0.2, 0) is 17.6 Å². The third-order valence-corrected chi connectivity index (χ3v) is 5.70. The van der Waals surface area contributed by atoms with Gasteiger partial charge in [0.25, 0.3) is 0 Å². The summed E-state index contributed by atoms with van der Waals surface area (Å²) in [7, 11) is 0. The molecule has 1 aliphatic heterocycles. The fourth-order valence-corrected chi connectivity index (χ4v) is 3.90. The molecule has 0 saturated carbocycles. The molecule has 1 aliphatic rings. The van der Waals surface area contributed by atoms with Crippen molar-refractivity contribution in [3.05, 3.63) is 58.4 Å². The lowest BCUT2D eigenvalue weighted by atomic mass is 10.0. The van der Waals surface area contributed by atoms with E-state index in [9.17, 15) is 0 Å². The Labute approximate surface area is 176 Å².